The second-order valence-corrected chi connectivity index (χ2v) is 7.46. The highest BCUT2D eigenvalue weighted by Gasteiger charge is 2.29. The van der Waals surface area contributed by atoms with E-state index < -0.39 is 0 Å². The van der Waals surface area contributed by atoms with E-state index in [1.807, 2.05) is 31.2 Å². The minimum atomic E-state index is -0.0120. The fraction of sp³-hybridized carbons (Fsp3) is 0.600. The van der Waals surface area contributed by atoms with E-state index in [9.17, 15) is 9.59 Å². The van der Waals surface area contributed by atoms with Crippen LogP contribution in [0.4, 0.5) is 5.69 Å². The lowest BCUT2D eigenvalue weighted by Gasteiger charge is -2.37. The van der Waals surface area contributed by atoms with Gasteiger partial charge in [-0.05, 0) is 32.9 Å². The van der Waals surface area contributed by atoms with Gasteiger partial charge in [0.05, 0.1) is 12.2 Å². The summed E-state index contributed by atoms with van der Waals surface area (Å²) in [5.41, 5.74) is 2.07. The first kappa shape index (κ1) is 18.9. The van der Waals surface area contributed by atoms with Crippen molar-refractivity contribution in [2.75, 3.05) is 44.2 Å². The van der Waals surface area contributed by atoms with E-state index in [1.54, 1.807) is 9.80 Å². The minimum absolute atomic E-state index is 0.0120. The SMILES string of the molecule is Cc1ccc(N2CCN(C(=O)CCN3C[C@@H](C)O[C@@H](C)C3)CC2=O)cc1. The molecule has 2 atom stereocenters. The average Bonchev–Trinajstić information content (AvgIpc) is 2.60. The molecule has 0 unspecified atom stereocenters. The maximum atomic E-state index is 12.5. The molecule has 0 aromatic heterocycles. The van der Waals surface area contributed by atoms with E-state index >= 15 is 0 Å². The molecule has 2 fully saturated rings. The van der Waals surface area contributed by atoms with Gasteiger partial charge in [-0.2, -0.15) is 0 Å². The van der Waals surface area contributed by atoms with Gasteiger partial charge < -0.3 is 14.5 Å². The lowest BCUT2D eigenvalue weighted by Crippen LogP contribution is -2.53. The van der Waals surface area contributed by atoms with Crippen LogP contribution in [-0.2, 0) is 14.3 Å². The van der Waals surface area contributed by atoms with E-state index in [-0.39, 0.29) is 30.6 Å². The number of hydrogen-bond donors (Lipinski definition) is 0. The zero-order valence-corrected chi connectivity index (χ0v) is 16.0. The van der Waals surface area contributed by atoms with E-state index in [4.69, 9.17) is 4.74 Å². The number of rotatable bonds is 4. The number of carbonyl (C=O) groups is 2. The van der Waals surface area contributed by atoms with E-state index in [0.29, 0.717) is 19.5 Å². The van der Waals surface area contributed by atoms with Gasteiger partial charge in [0.1, 0.15) is 6.54 Å². The number of amides is 2. The molecule has 2 heterocycles. The molecule has 0 saturated carbocycles. The Morgan fingerprint density at radius 1 is 1.12 bits per heavy atom. The molecule has 6 heteroatoms. The largest absolute Gasteiger partial charge is 0.373 e. The van der Waals surface area contributed by atoms with Gasteiger partial charge in [0.25, 0.3) is 0 Å². The Morgan fingerprint density at radius 2 is 1.77 bits per heavy atom. The Labute approximate surface area is 155 Å². The number of aryl methyl sites for hydroxylation is 1. The summed E-state index contributed by atoms with van der Waals surface area (Å²) >= 11 is 0. The van der Waals surface area contributed by atoms with Crippen molar-refractivity contribution in [2.24, 2.45) is 0 Å². The number of benzene rings is 1. The van der Waals surface area contributed by atoms with Crippen LogP contribution >= 0.6 is 0 Å². The Kier molecular flexibility index (Phi) is 5.94. The van der Waals surface area contributed by atoms with Gasteiger partial charge in [-0.1, -0.05) is 17.7 Å². The molecule has 2 aliphatic heterocycles. The normalized spacial score (nSPS) is 24.8. The molecule has 2 aliphatic rings. The standard InChI is InChI=1S/C20H29N3O3/c1-15-4-6-18(7-5-15)23-11-10-22(14-20(23)25)19(24)8-9-21-12-16(2)26-17(3)13-21/h4-7,16-17H,8-14H2,1-3H3/t16-,17+. The topological polar surface area (TPSA) is 53.1 Å². The van der Waals surface area contributed by atoms with Gasteiger partial charge in [0.15, 0.2) is 0 Å². The molecule has 0 spiro atoms. The van der Waals surface area contributed by atoms with Crippen LogP contribution in [0, 0.1) is 6.92 Å². The van der Waals surface area contributed by atoms with Gasteiger partial charge in [-0.3, -0.25) is 14.5 Å². The van der Waals surface area contributed by atoms with Crippen molar-refractivity contribution in [1.82, 2.24) is 9.80 Å². The van der Waals surface area contributed by atoms with Crippen LogP contribution in [0.2, 0.25) is 0 Å². The fourth-order valence-electron chi connectivity index (χ4n) is 3.76. The van der Waals surface area contributed by atoms with Crippen molar-refractivity contribution in [3.8, 4) is 0 Å². The number of nitrogens with zero attached hydrogens (tertiary/aromatic N) is 3. The van der Waals surface area contributed by atoms with Crippen LogP contribution in [-0.4, -0.2) is 73.1 Å². The summed E-state index contributed by atoms with van der Waals surface area (Å²) < 4.78 is 5.73. The molecule has 142 valence electrons. The Morgan fingerprint density at radius 3 is 2.38 bits per heavy atom. The molecule has 0 N–H and O–H groups in total. The van der Waals surface area contributed by atoms with E-state index in [2.05, 4.69) is 18.7 Å². The maximum Gasteiger partial charge on any atom is 0.246 e. The van der Waals surface area contributed by atoms with Crippen molar-refractivity contribution in [2.45, 2.75) is 39.4 Å². The van der Waals surface area contributed by atoms with Gasteiger partial charge in [0, 0.05) is 44.8 Å². The number of morpholine rings is 1. The van der Waals surface area contributed by atoms with Crippen LogP contribution in [0.5, 0.6) is 0 Å². The monoisotopic (exact) mass is 359 g/mol. The summed E-state index contributed by atoms with van der Waals surface area (Å²) in [6, 6.07) is 7.94. The summed E-state index contributed by atoms with van der Waals surface area (Å²) in [4.78, 5) is 30.8. The first-order valence-corrected chi connectivity index (χ1v) is 9.45. The highest BCUT2D eigenvalue weighted by Crippen LogP contribution is 2.18. The summed E-state index contributed by atoms with van der Waals surface area (Å²) in [6.07, 6.45) is 0.860. The van der Waals surface area contributed by atoms with E-state index in [1.165, 1.54) is 5.56 Å². The van der Waals surface area contributed by atoms with Crippen molar-refractivity contribution in [3.05, 3.63) is 29.8 Å². The number of anilines is 1. The summed E-state index contributed by atoms with van der Waals surface area (Å²) in [5, 5.41) is 0. The zero-order valence-electron chi connectivity index (χ0n) is 16.0. The first-order valence-electron chi connectivity index (χ1n) is 9.45. The van der Waals surface area contributed by atoms with Gasteiger partial charge in [-0.25, -0.2) is 0 Å². The number of hydrogen-bond acceptors (Lipinski definition) is 4. The molecule has 1 aromatic carbocycles. The Balaban J connectivity index is 1.49. The lowest BCUT2D eigenvalue weighted by atomic mass is 10.2. The highest BCUT2D eigenvalue weighted by molar-refractivity contribution is 5.97. The van der Waals surface area contributed by atoms with Gasteiger partial charge in [0.2, 0.25) is 11.8 Å². The van der Waals surface area contributed by atoms with Crippen molar-refractivity contribution in [1.29, 1.82) is 0 Å². The summed E-state index contributed by atoms with van der Waals surface area (Å²) in [7, 11) is 0. The van der Waals surface area contributed by atoms with Crippen molar-refractivity contribution >= 4 is 17.5 Å². The zero-order chi connectivity index (χ0) is 18.7. The number of ether oxygens (including phenoxy) is 1. The molecule has 6 nitrogen and oxygen atoms in total. The average molecular weight is 359 g/mol. The molecule has 0 aliphatic carbocycles. The molecule has 26 heavy (non-hydrogen) atoms. The summed E-state index contributed by atoms with van der Waals surface area (Å²) in [6.45, 7) is 9.91. The molecule has 2 amide bonds. The third kappa shape index (κ3) is 4.62. The molecular formula is C20H29N3O3. The predicted molar refractivity (Wildman–Crippen MR) is 101 cm³/mol. The van der Waals surface area contributed by atoms with Crippen LogP contribution in [0.3, 0.4) is 0 Å². The van der Waals surface area contributed by atoms with E-state index in [0.717, 1.165) is 25.3 Å². The molecular weight excluding hydrogens is 330 g/mol. The number of piperazine rings is 1. The molecule has 3 rings (SSSR count). The quantitative estimate of drug-likeness (QED) is 0.821. The molecule has 0 bridgehead atoms. The second-order valence-electron chi connectivity index (χ2n) is 7.46. The van der Waals surface area contributed by atoms with Crippen LogP contribution in [0.25, 0.3) is 0 Å². The van der Waals surface area contributed by atoms with Crippen LogP contribution in [0.1, 0.15) is 25.8 Å². The smallest absolute Gasteiger partial charge is 0.246 e. The first-order chi connectivity index (χ1) is 12.4. The third-order valence-corrected chi connectivity index (χ3v) is 5.06. The van der Waals surface area contributed by atoms with Gasteiger partial charge >= 0.3 is 0 Å². The highest BCUT2D eigenvalue weighted by atomic mass is 16.5. The molecule has 1 aromatic rings. The maximum absolute atomic E-state index is 12.5. The van der Waals surface area contributed by atoms with Gasteiger partial charge in [-0.15, -0.1) is 0 Å². The number of carbonyl (C=O) groups excluding carboxylic acids is 2. The fourth-order valence-corrected chi connectivity index (χ4v) is 3.76. The van der Waals surface area contributed by atoms with Crippen molar-refractivity contribution in [3.63, 3.8) is 0 Å². The summed E-state index contributed by atoms with van der Waals surface area (Å²) in [5.74, 6) is 0.0516. The third-order valence-electron chi connectivity index (χ3n) is 5.06. The molecule has 0 radical (unpaired) electrons. The Hall–Kier alpha value is -1.92. The van der Waals surface area contributed by atoms with Crippen LogP contribution < -0.4 is 4.90 Å². The Bertz CT molecular complexity index is 636. The van der Waals surface area contributed by atoms with Crippen LogP contribution in [0.15, 0.2) is 24.3 Å². The lowest BCUT2D eigenvalue weighted by molar-refractivity contribution is -0.137. The van der Waals surface area contributed by atoms with Crippen molar-refractivity contribution < 1.29 is 14.3 Å². The second kappa shape index (κ2) is 8.18. The minimum Gasteiger partial charge on any atom is -0.373 e. The predicted octanol–water partition coefficient (Wildman–Crippen LogP) is 1.67. The molecule has 2 saturated heterocycles.